The normalized spacial score (nSPS) is 30.8. The zero-order chi connectivity index (χ0) is 19.2. The molecule has 4 saturated carbocycles. The first-order valence-electron chi connectivity index (χ1n) is 9.57. The maximum Gasteiger partial charge on any atom is 0.345 e. The molecule has 0 radical (unpaired) electrons. The average Bonchev–Trinajstić information content (AvgIpc) is 2.57. The van der Waals surface area contributed by atoms with Crippen LogP contribution in [-0.4, -0.2) is 28.9 Å². The van der Waals surface area contributed by atoms with E-state index in [2.05, 4.69) is 5.32 Å². The lowest BCUT2D eigenvalue weighted by Gasteiger charge is -2.56. The fraction of sp³-hybridized carbons (Fsp3) is 0.600. The first-order chi connectivity index (χ1) is 12.8. The van der Waals surface area contributed by atoms with Crippen LogP contribution in [0.3, 0.4) is 0 Å². The highest BCUT2D eigenvalue weighted by atomic mass is 16.6. The van der Waals surface area contributed by atoms with Crippen molar-refractivity contribution in [1.29, 1.82) is 0 Å². The molecule has 4 aliphatic carbocycles. The Morgan fingerprint density at radius 3 is 2.33 bits per heavy atom. The quantitative estimate of drug-likeness (QED) is 0.486. The van der Waals surface area contributed by atoms with Crippen LogP contribution in [0.1, 0.15) is 54.4 Å². The SMILES string of the molecule is Cc1cccc(C(=O)OCC(=O)NC23CC4CC(CC(C4)C2)C3)c1[N+](=O)[O-]. The van der Waals surface area contributed by atoms with Gasteiger partial charge in [0.25, 0.3) is 11.6 Å². The lowest BCUT2D eigenvalue weighted by atomic mass is 9.53. The number of nitrogens with zero attached hydrogens (tertiary/aromatic N) is 1. The predicted octanol–water partition coefficient (Wildman–Crippen LogP) is 3.15. The number of para-hydroxylation sites is 1. The van der Waals surface area contributed by atoms with Crippen molar-refractivity contribution in [2.45, 2.75) is 51.0 Å². The first kappa shape index (κ1) is 17.9. The Kier molecular flexibility index (Phi) is 4.40. The number of aryl methyl sites for hydroxylation is 1. The summed E-state index contributed by atoms with van der Waals surface area (Å²) in [6, 6.07) is 4.48. The van der Waals surface area contributed by atoms with Crippen LogP contribution in [0.2, 0.25) is 0 Å². The Balaban J connectivity index is 1.38. The van der Waals surface area contributed by atoms with Gasteiger partial charge in [0.1, 0.15) is 5.56 Å². The summed E-state index contributed by atoms with van der Waals surface area (Å²) in [6.07, 6.45) is 6.88. The number of ether oxygens (including phenoxy) is 1. The van der Waals surface area contributed by atoms with Crippen LogP contribution in [0.25, 0.3) is 0 Å². The van der Waals surface area contributed by atoms with Gasteiger partial charge in [-0.2, -0.15) is 0 Å². The lowest BCUT2D eigenvalue weighted by molar-refractivity contribution is -0.385. The van der Waals surface area contributed by atoms with Crippen molar-refractivity contribution in [2.75, 3.05) is 6.61 Å². The second-order valence-corrected chi connectivity index (χ2v) is 8.55. The highest BCUT2D eigenvalue weighted by molar-refractivity contribution is 5.95. The van der Waals surface area contributed by atoms with Gasteiger partial charge in [-0.25, -0.2) is 4.79 Å². The third kappa shape index (κ3) is 3.42. The van der Waals surface area contributed by atoms with E-state index in [-0.39, 0.29) is 22.7 Å². The molecule has 1 amide bonds. The van der Waals surface area contributed by atoms with Crippen molar-refractivity contribution in [3.63, 3.8) is 0 Å². The van der Waals surface area contributed by atoms with Gasteiger partial charge in [-0.05, 0) is 69.3 Å². The van der Waals surface area contributed by atoms with E-state index < -0.39 is 17.5 Å². The molecule has 144 valence electrons. The molecule has 0 unspecified atom stereocenters. The van der Waals surface area contributed by atoms with Gasteiger partial charge < -0.3 is 10.1 Å². The molecule has 1 aromatic carbocycles. The highest BCUT2D eigenvalue weighted by Crippen LogP contribution is 2.55. The summed E-state index contributed by atoms with van der Waals surface area (Å²) in [5, 5.41) is 14.3. The molecule has 0 atom stereocenters. The molecular formula is C20H24N2O5. The van der Waals surface area contributed by atoms with Crippen LogP contribution >= 0.6 is 0 Å². The average molecular weight is 372 g/mol. The number of benzene rings is 1. The van der Waals surface area contributed by atoms with E-state index in [9.17, 15) is 19.7 Å². The third-order valence-electron chi connectivity index (χ3n) is 6.42. The van der Waals surface area contributed by atoms with Crippen LogP contribution in [-0.2, 0) is 9.53 Å². The molecular weight excluding hydrogens is 348 g/mol. The van der Waals surface area contributed by atoms with E-state index in [1.54, 1.807) is 19.1 Å². The summed E-state index contributed by atoms with van der Waals surface area (Å²) in [5.74, 6) is 0.948. The molecule has 0 heterocycles. The molecule has 1 aromatic rings. The minimum atomic E-state index is -0.842. The number of carbonyl (C=O) groups excluding carboxylic acids is 2. The zero-order valence-electron chi connectivity index (χ0n) is 15.4. The van der Waals surface area contributed by atoms with Crippen LogP contribution in [0, 0.1) is 34.8 Å². The Morgan fingerprint density at radius 1 is 1.19 bits per heavy atom. The molecule has 4 aliphatic rings. The topological polar surface area (TPSA) is 98.5 Å². The number of hydrogen-bond donors (Lipinski definition) is 1. The van der Waals surface area contributed by atoms with E-state index in [1.807, 2.05) is 0 Å². The lowest BCUT2D eigenvalue weighted by Crippen LogP contribution is -2.60. The largest absolute Gasteiger partial charge is 0.452 e. The summed E-state index contributed by atoms with van der Waals surface area (Å²) in [4.78, 5) is 35.3. The van der Waals surface area contributed by atoms with Crippen LogP contribution in [0.15, 0.2) is 18.2 Å². The Morgan fingerprint density at radius 2 is 1.78 bits per heavy atom. The van der Waals surface area contributed by atoms with Crippen molar-refractivity contribution in [2.24, 2.45) is 17.8 Å². The van der Waals surface area contributed by atoms with E-state index in [1.165, 1.54) is 25.3 Å². The maximum atomic E-state index is 12.4. The van der Waals surface area contributed by atoms with E-state index in [4.69, 9.17) is 4.74 Å². The summed E-state index contributed by atoms with van der Waals surface area (Å²) >= 11 is 0. The van der Waals surface area contributed by atoms with Gasteiger partial charge >= 0.3 is 5.97 Å². The number of nitro groups is 1. The number of amides is 1. The van der Waals surface area contributed by atoms with Gasteiger partial charge in [-0.1, -0.05) is 12.1 Å². The summed E-state index contributed by atoms with van der Waals surface area (Å²) < 4.78 is 5.09. The first-order valence-corrected chi connectivity index (χ1v) is 9.57. The molecule has 7 nitrogen and oxygen atoms in total. The zero-order valence-corrected chi connectivity index (χ0v) is 15.4. The monoisotopic (exact) mass is 372 g/mol. The Labute approximate surface area is 157 Å². The smallest absolute Gasteiger partial charge is 0.345 e. The molecule has 5 rings (SSSR count). The number of carbonyl (C=O) groups is 2. The molecule has 7 heteroatoms. The number of hydrogen-bond acceptors (Lipinski definition) is 5. The standard InChI is InChI=1S/C20H24N2O5/c1-12-3-2-4-16(18(12)22(25)26)19(24)27-11-17(23)21-20-8-13-5-14(9-20)7-15(6-13)10-20/h2-4,13-15H,5-11H2,1H3,(H,21,23). The minimum absolute atomic E-state index is 0.123. The van der Waals surface area contributed by atoms with E-state index in [0.29, 0.717) is 23.3 Å². The van der Waals surface area contributed by atoms with Crippen molar-refractivity contribution < 1.29 is 19.2 Å². The van der Waals surface area contributed by atoms with Gasteiger partial charge in [0, 0.05) is 11.1 Å². The van der Waals surface area contributed by atoms with Crippen molar-refractivity contribution >= 4 is 17.6 Å². The molecule has 4 fully saturated rings. The maximum absolute atomic E-state index is 12.4. The molecule has 0 aliphatic heterocycles. The second kappa shape index (κ2) is 6.62. The Bertz CT molecular complexity index is 768. The molecule has 1 N–H and O–H groups in total. The summed E-state index contributed by atoms with van der Waals surface area (Å²) in [5.41, 5.74) is -0.160. The van der Waals surface area contributed by atoms with Crippen LogP contribution < -0.4 is 5.32 Å². The number of rotatable bonds is 5. The second-order valence-electron chi connectivity index (χ2n) is 8.55. The molecule has 4 bridgehead atoms. The van der Waals surface area contributed by atoms with Gasteiger partial charge in [0.2, 0.25) is 0 Å². The molecule has 27 heavy (non-hydrogen) atoms. The van der Waals surface area contributed by atoms with Gasteiger partial charge in [0.05, 0.1) is 4.92 Å². The molecule has 0 aromatic heterocycles. The van der Waals surface area contributed by atoms with Crippen molar-refractivity contribution in [1.82, 2.24) is 5.32 Å². The molecule has 0 spiro atoms. The predicted molar refractivity (Wildman–Crippen MR) is 97.2 cm³/mol. The van der Waals surface area contributed by atoms with E-state index >= 15 is 0 Å². The number of nitro benzene ring substituents is 1. The fourth-order valence-electron chi connectivity index (χ4n) is 5.87. The number of esters is 1. The fourth-order valence-corrected chi connectivity index (χ4v) is 5.87. The summed E-state index contributed by atoms with van der Waals surface area (Å²) in [6.45, 7) is 1.15. The van der Waals surface area contributed by atoms with E-state index in [0.717, 1.165) is 19.3 Å². The number of nitrogens with one attached hydrogen (secondary N) is 1. The molecule has 0 saturated heterocycles. The highest BCUT2D eigenvalue weighted by Gasteiger charge is 2.51. The van der Waals surface area contributed by atoms with Gasteiger partial charge in [-0.3, -0.25) is 14.9 Å². The Hall–Kier alpha value is -2.44. The van der Waals surface area contributed by atoms with Crippen molar-refractivity contribution in [3.05, 3.63) is 39.4 Å². The van der Waals surface area contributed by atoms with Gasteiger partial charge in [0.15, 0.2) is 6.61 Å². The van der Waals surface area contributed by atoms with Gasteiger partial charge in [-0.15, -0.1) is 0 Å². The van der Waals surface area contributed by atoms with Crippen LogP contribution in [0.4, 0.5) is 5.69 Å². The van der Waals surface area contributed by atoms with Crippen LogP contribution in [0.5, 0.6) is 0 Å². The minimum Gasteiger partial charge on any atom is -0.452 e. The summed E-state index contributed by atoms with van der Waals surface area (Å²) in [7, 11) is 0. The third-order valence-corrected chi connectivity index (χ3v) is 6.42. The van der Waals surface area contributed by atoms with Crippen molar-refractivity contribution in [3.8, 4) is 0 Å².